The van der Waals surface area contributed by atoms with E-state index in [0.717, 1.165) is 54.8 Å². The molecule has 0 saturated carbocycles. The van der Waals surface area contributed by atoms with Crippen molar-refractivity contribution in [3.63, 3.8) is 0 Å². The fourth-order valence-electron chi connectivity index (χ4n) is 4.97. The summed E-state index contributed by atoms with van der Waals surface area (Å²) in [7, 11) is 3.73. The highest BCUT2D eigenvalue weighted by molar-refractivity contribution is 6.04. The van der Waals surface area contributed by atoms with Crippen molar-refractivity contribution in [1.82, 2.24) is 14.5 Å². The Kier molecular flexibility index (Phi) is 8.03. The van der Waals surface area contributed by atoms with Gasteiger partial charge in [0.25, 0.3) is 5.91 Å². The Morgan fingerprint density at radius 3 is 2.61 bits per heavy atom. The molecule has 0 bridgehead atoms. The molecule has 38 heavy (non-hydrogen) atoms. The number of benzene rings is 2. The van der Waals surface area contributed by atoms with Gasteiger partial charge in [-0.2, -0.15) is 0 Å². The molecule has 8 heteroatoms. The number of anilines is 3. The zero-order valence-corrected chi connectivity index (χ0v) is 22.0. The number of amides is 1. The minimum Gasteiger partial charge on any atom is -0.393 e. The molecule has 0 unspecified atom stereocenters. The lowest BCUT2D eigenvalue weighted by Gasteiger charge is -2.29. The number of nitrogens with one attached hydrogen (secondary N) is 1. The van der Waals surface area contributed by atoms with Crippen molar-refractivity contribution in [2.75, 3.05) is 43.6 Å². The summed E-state index contributed by atoms with van der Waals surface area (Å²) < 4.78 is 7.48. The Morgan fingerprint density at radius 2 is 1.84 bits per heavy atom. The number of pyridine rings is 1. The van der Waals surface area contributed by atoms with E-state index in [-0.39, 0.29) is 12.0 Å². The third-order valence-electron chi connectivity index (χ3n) is 7.18. The first-order chi connectivity index (χ1) is 18.5. The summed E-state index contributed by atoms with van der Waals surface area (Å²) >= 11 is 0. The lowest BCUT2D eigenvalue weighted by atomic mass is 10.1. The maximum absolute atomic E-state index is 13.0. The summed E-state index contributed by atoms with van der Waals surface area (Å²) in [5.74, 6) is 0.295. The van der Waals surface area contributed by atoms with Crippen LogP contribution >= 0.6 is 0 Å². The second-order valence-electron chi connectivity index (χ2n) is 9.87. The van der Waals surface area contributed by atoms with Gasteiger partial charge in [-0.3, -0.25) is 9.69 Å². The molecule has 4 aromatic rings. The predicted octanol–water partition coefficient (Wildman–Crippen LogP) is 4.57. The van der Waals surface area contributed by atoms with Gasteiger partial charge in [-0.15, -0.1) is 0 Å². The molecule has 1 aliphatic heterocycles. The van der Waals surface area contributed by atoms with Crippen LogP contribution in [0.5, 0.6) is 0 Å². The van der Waals surface area contributed by atoms with Crippen molar-refractivity contribution in [3.05, 3.63) is 84.2 Å². The van der Waals surface area contributed by atoms with Gasteiger partial charge in [-0.25, -0.2) is 4.98 Å². The summed E-state index contributed by atoms with van der Waals surface area (Å²) in [6.45, 7) is 3.83. The molecule has 5 rings (SSSR count). The molecule has 8 nitrogen and oxygen atoms in total. The molecule has 1 aliphatic rings. The van der Waals surface area contributed by atoms with Crippen LogP contribution in [-0.4, -0.2) is 64.9 Å². The van der Waals surface area contributed by atoms with E-state index in [2.05, 4.69) is 55.1 Å². The Labute approximate surface area is 223 Å². The number of carbonyl (C=O) groups is 1. The fourth-order valence-corrected chi connectivity index (χ4v) is 4.97. The van der Waals surface area contributed by atoms with E-state index >= 15 is 0 Å². The van der Waals surface area contributed by atoms with Crippen molar-refractivity contribution in [2.45, 2.75) is 25.5 Å². The van der Waals surface area contributed by atoms with Crippen molar-refractivity contribution in [1.29, 1.82) is 0 Å². The number of aliphatic hydroxyl groups excluding tert-OH is 1. The number of hydrogen-bond acceptors (Lipinski definition) is 6. The Morgan fingerprint density at radius 1 is 1.08 bits per heavy atom. The first kappa shape index (κ1) is 25.9. The quantitative estimate of drug-likeness (QED) is 0.341. The van der Waals surface area contributed by atoms with Crippen LogP contribution < -0.4 is 10.2 Å². The van der Waals surface area contributed by atoms with Crippen LogP contribution in [0, 0.1) is 0 Å². The SMILES string of the molecule is COCCN(c1ccnc(NC(=O)c2ccc(CN3CCC(O)CC3)cc2)c1)c1ccc2c(ccn2C)c1. The van der Waals surface area contributed by atoms with E-state index in [1.54, 1.807) is 13.3 Å². The van der Waals surface area contributed by atoms with Crippen LogP contribution in [0.15, 0.2) is 73.1 Å². The van der Waals surface area contributed by atoms with E-state index in [1.165, 1.54) is 5.52 Å². The van der Waals surface area contributed by atoms with Crippen LogP contribution in [0.3, 0.4) is 0 Å². The summed E-state index contributed by atoms with van der Waals surface area (Å²) in [6, 6.07) is 20.0. The number of ether oxygens (including phenoxy) is 1. The molecule has 3 heterocycles. The largest absolute Gasteiger partial charge is 0.393 e. The van der Waals surface area contributed by atoms with Gasteiger partial charge in [-0.1, -0.05) is 12.1 Å². The van der Waals surface area contributed by atoms with Crippen LogP contribution in [-0.2, 0) is 18.3 Å². The molecular weight excluding hydrogens is 478 g/mol. The lowest BCUT2D eigenvalue weighted by Crippen LogP contribution is -2.35. The van der Waals surface area contributed by atoms with Crippen molar-refractivity contribution in [2.24, 2.45) is 7.05 Å². The molecular formula is C30H35N5O3. The van der Waals surface area contributed by atoms with Gasteiger partial charge >= 0.3 is 0 Å². The third-order valence-corrected chi connectivity index (χ3v) is 7.18. The van der Waals surface area contributed by atoms with E-state index in [1.807, 2.05) is 43.4 Å². The second-order valence-corrected chi connectivity index (χ2v) is 9.87. The predicted molar refractivity (Wildman–Crippen MR) is 151 cm³/mol. The number of likely N-dealkylation sites (tertiary alicyclic amines) is 1. The first-order valence-corrected chi connectivity index (χ1v) is 13.1. The molecule has 1 fully saturated rings. The maximum atomic E-state index is 13.0. The topological polar surface area (TPSA) is 82.9 Å². The average molecular weight is 514 g/mol. The number of fused-ring (bicyclic) bond motifs is 1. The Balaban J connectivity index is 1.29. The van der Waals surface area contributed by atoms with Gasteiger partial charge in [0, 0.05) is 86.6 Å². The average Bonchev–Trinajstić information content (AvgIpc) is 3.31. The Hall–Kier alpha value is -3.72. The molecule has 0 atom stereocenters. The minimum atomic E-state index is -0.198. The van der Waals surface area contributed by atoms with Gasteiger partial charge < -0.3 is 24.6 Å². The first-order valence-electron chi connectivity index (χ1n) is 13.1. The van der Waals surface area contributed by atoms with Gasteiger partial charge in [-0.05, 0) is 60.9 Å². The molecule has 2 N–H and O–H groups in total. The van der Waals surface area contributed by atoms with Crippen LogP contribution in [0.25, 0.3) is 10.9 Å². The minimum absolute atomic E-state index is 0.177. The smallest absolute Gasteiger partial charge is 0.256 e. The normalized spacial score (nSPS) is 14.6. The summed E-state index contributed by atoms with van der Waals surface area (Å²) in [6.07, 6.45) is 5.22. The Bertz CT molecular complexity index is 1380. The molecule has 0 radical (unpaired) electrons. The van der Waals surface area contributed by atoms with Gasteiger partial charge in [0.05, 0.1) is 12.7 Å². The number of rotatable bonds is 9. The highest BCUT2D eigenvalue weighted by Gasteiger charge is 2.17. The molecule has 198 valence electrons. The number of aliphatic hydroxyl groups is 1. The van der Waals surface area contributed by atoms with E-state index < -0.39 is 0 Å². The third kappa shape index (κ3) is 6.05. The fraction of sp³-hybridized carbons (Fsp3) is 0.333. The molecule has 1 saturated heterocycles. The highest BCUT2D eigenvalue weighted by atomic mass is 16.5. The van der Waals surface area contributed by atoms with E-state index in [9.17, 15) is 9.90 Å². The lowest BCUT2D eigenvalue weighted by molar-refractivity contribution is 0.0792. The molecule has 0 spiro atoms. The summed E-state index contributed by atoms with van der Waals surface area (Å²) in [5.41, 5.74) is 4.87. The number of aryl methyl sites for hydroxylation is 1. The summed E-state index contributed by atoms with van der Waals surface area (Å²) in [5, 5.41) is 13.8. The zero-order chi connectivity index (χ0) is 26.5. The van der Waals surface area contributed by atoms with Gasteiger partial charge in [0.1, 0.15) is 5.82 Å². The zero-order valence-electron chi connectivity index (χ0n) is 22.0. The van der Waals surface area contributed by atoms with E-state index in [4.69, 9.17) is 4.74 Å². The highest BCUT2D eigenvalue weighted by Crippen LogP contribution is 2.30. The van der Waals surface area contributed by atoms with E-state index in [0.29, 0.717) is 24.5 Å². The number of aromatic nitrogens is 2. The van der Waals surface area contributed by atoms with Crippen LogP contribution in [0.1, 0.15) is 28.8 Å². The number of nitrogens with zero attached hydrogens (tertiary/aromatic N) is 4. The van der Waals surface area contributed by atoms with Crippen molar-refractivity contribution >= 4 is 34.0 Å². The summed E-state index contributed by atoms with van der Waals surface area (Å²) in [4.78, 5) is 21.9. The van der Waals surface area contributed by atoms with Crippen molar-refractivity contribution < 1.29 is 14.6 Å². The number of piperidine rings is 1. The molecule has 2 aromatic carbocycles. The van der Waals surface area contributed by atoms with Gasteiger partial charge in [0.15, 0.2) is 0 Å². The molecule has 0 aliphatic carbocycles. The van der Waals surface area contributed by atoms with Crippen LogP contribution in [0.2, 0.25) is 0 Å². The van der Waals surface area contributed by atoms with Crippen molar-refractivity contribution in [3.8, 4) is 0 Å². The number of methoxy groups -OCH3 is 1. The molecule has 2 aromatic heterocycles. The number of hydrogen-bond donors (Lipinski definition) is 2. The monoisotopic (exact) mass is 513 g/mol. The molecule has 1 amide bonds. The standard InChI is InChI=1S/C30H35N5O3/c1-33-14-10-24-19-25(7-8-28(24)33)35(17-18-38-2)26-9-13-31-29(20-26)32-30(37)23-5-3-22(4-6-23)21-34-15-11-27(36)12-16-34/h3-10,13-14,19-20,27,36H,11-12,15-18,21H2,1-2H3,(H,31,32,37). The number of carbonyl (C=O) groups excluding carboxylic acids is 1. The van der Waals surface area contributed by atoms with Crippen LogP contribution in [0.4, 0.5) is 17.2 Å². The maximum Gasteiger partial charge on any atom is 0.256 e. The second kappa shape index (κ2) is 11.8. The van der Waals surface area contributed by atoms with Gasteiger partial charge in [0.2, 0.25) is 0 Å².